The topological polar surface area (TPSA) is 76.7 Å². The minimum absolute atomic E-state index is 0.0483. The van der Waals surface area contributed by atoms with Gasteiger partial charge in [0.05, 0.1) is 27.1 Å². The molecule has 6 nitrogen and oxygen atoms in total. The minimum Gasteiger partial charge on any atom is -0.497 e. The fourth-order valence-electron chi connectivity index (χ4n) is 2.72. The average molecular weight is 399 g/mol. The second-order valence-electron chi connectivity index (χ2n) is 7.77. The molecule has 2 aromatic rings. The quantitative estimate of drug-likeness (QED) is 0.645. The number of nitrogens with one attached hydrogen (secondary N) is 2. The minimum atomic E-state index is -0.259. The summed E-state index contributed by atoms with van der Waals surface area (Å²) in [5, 5.41) is 5.90. The molecular formula is C23H30N2O4. The molecule has 0 atom stereocenters. The van der Waals surface area contributed by atoms with E-state index >= 15 is 0 Å². The van der Waals surface area contributed by atoms with Gasteiger partial charge in [-0.15, -0.1) is 0 Å². The highest BCUT2D eigenvalue weighted by Gasteiger charge is 2.20. The van der Waals surface area contributed by atoms with Crippen molar-refractivity contribution in [2.75, 3.05) is 27.3 Å². The van der Waals surface area contributed by atoms with Crippen LogP contribution in [0.5, 0.6) is 11.5 Å². The van der Waals surface area contributed by atoms with Gasteiger partial charge in [0.2, 0.25) is 11.8 Å². The molecule has 156 valence electrons. The molecule has 0 spiro atoms. The van der Waals surface area contributed by atoms with Gasteiger partial charge >= 0.3 is 0 Å². The van der Waals surface area contributed by atoms with Crippen molar-refractivity contribution < 1.29 is 19.1 Å². The Balaban J connectivity index is 1.73. The Morgan fingerprint density at radius 3 is 1.38 bits per heavy atom. The van der Waals surface area contributed by atoms with Crippen LogP contribution < -0.4 is 20.1 Å². The molecule has 2 rings (SSSR count). The summed E-state index contributed by atoms with van der Waals surface area (Å²) in [6.07, 6.45) is 0.619. The monoisotopic (exact) mass is 398 g/mol. The lowest BCUT2D eigenvalue weighted by Crippen LogP contribution is -2.42. The normalized spacial score (nSPS) is 10.9. The van der Waals surface area contributed by atoms with Crippen LogP contribution in [0.2, 0.25) is 0 Å². The molecule has 6 heteroatoms. The van der Waals surface area contributed by atoms with Crippen molar-refractivity contribution in [3.63, 3.8) is 0 Å². The predicted octanol–water partition coefficient (Wildman–Crippen LogP) is 2.75. The van der Waals surface area contributed by atoms with Crippen LogP contribution in [-0.2, 0) is 22.4 Å². The largest absolute Gasteiger partial charge is 0.497 e. The summed E-state index contributed by atoms with van der Waals surface area (Å²) in [6, 6.07) is 14.9. The number of methoxy groups -OCH3 is 2. The molecule has 0 aromatic heterocycles. The van der Waals surface area contributed by atoms with Gasteiger partial charge < -0.3 is 20.1 Å². The van der Waals surface area contributed by atoms with Crippen LogP contribution in [0, 0.1) is 5.41 Å². The average Bonchev–Trinajstić information content (AvgIpc) is 2.72. The molecule has 0 bridgehead atoms. The van der Waals surface area contributed by atoms with E-state index in [0.29, 0.717) is 25.9 Å². The number of rotatable bonds is 10. The summed E-state index contributed by atoms with van der Waals surface area (Å²) in [5.74, 6) is 1.43. The maximum atomic E-state index is 12.2. The molecule has 0 saturated heterocycles. The first kappa shape index (κ1) is 22.3. The van der Waals surface area contributed by atoms with E-state index in [4.69, 9.17) is 9.47 Å². The first-order valence-electron chi connectivity index (χ1n) is 9.60. The Morgan fingerprint density at radius 1 is 0.724 bits per heavy atom. The zero-order valence-corrected chi connectivity index (χ0v) is 17.6. The predicted molar refractivity (Wildman–Crippen MR) is 113 cm³/mol. The fraction of sp³-hybridized carbons (Fsp3) is 0.391. The van der Waals surface area contributed by atoms with E-state index < -0.39 is 0 Å². The Hall–Kier alpha value is -3.02. The second kappa shape index (κ2) is 10.5. The van der Waals surface area contributed by atoms with Crippen molar-refractivity contribution in [3.05, 3.63) is 59.7 Å². The summed E-state index contributed by atoms with van der Waals surface area (Å²) in [4.78, 5) is 24.4. The number of hydrogen-bond acceptors (Lipinski definition) is 4. The fourth-order valence-corrected chi connectivity index (χ4v) is 2.72. The third-order valence-corrected chi connectivity index (χ3v) is 4.58. The van der Waals surface area contributed by atoms with Gasteiger partial charge in [0.15, 0.2) is 0 Å². The molecule has 0 saturated carbocycles. The molecule has 0 aliphatic heterocycles. The lowest BCUT2D eigenvalue weighted by atomic mass is 9.93. The number of benzene rings is 2. The van der Waals surface area contributed by atoms with Gasteiger partial charge in [-0.2, -0.15) is 0 Å². The molecule has 0 unspecified atom stereocenters. The van der Waals surface area contributed by atoms with E-state index in [-0.39, 0.29) is 17.2 Å². The molecule has 0 aliphatic carbocycles. The second-order valence-corrected chi connectivity index (χ2v) is 7.77. The van der Waals surface area contributed by atoms with E-state index in [1.165, 1.54) is 0 Å². The van der Waals surface area contributed by atoms with Gasteiger partial charge in [0.25, 0.3) is 0 Å². The van der Waals surface area contributed by atoms with E-state index in [0.717, 1.165) is 22.6 Å². The first-order valence-corrected chi connectivity index (χ1v) is 9.60. The molecular weight excluding hydrogens is 368 g/mol. The van der Waals surface area contributed by atoms with Crippen molar-refractivity contribution in [3.8, 4) is 11.5 Å². The van der Waals surface area contributed by atoms with Gasteiger partial charge in [-0.3, -0.25) is 9.59 Å². The highest BCUT2D eigenvalue weighted by atomic mass is 16.5. The van der Waals surface area contributed by atoms with Crippen LogP contribution >= 0.6 is 0 Å². The molecule has 0 heterocycles. The SMILES string of the molecule is COc1ccc(CC(=O)NCC(C)(C)CNC(=O)Cc2ccc(OC)cc2)cc1. The third kappa shape index (κ3) is 7.86. The molecule has 0 radical (unpaired) electrons. The Morgan fingerprint density at radius 2 is 1.07 bits per heavy atom. The van der Waals surface area contributed by atoms with Crippen LogP contribution in [0.1, 0.15) is 25.0 Å². The summed E-state index contributed by atoms with van der Waals surface area (Å²) >= 11 is 0. The smallest absolute Gasteiger partial charge is 0.224 e. The zero-order valence-electron chi connectivity index (χ0n) is 17.6. The molecule has 2 amide bonds. The number of hydrogen-bond donors (Lipinski definition) is 2. The summed E-state index contributed by atoms with van der Waals surface area (Å²) in [6.45, 7) is 4.97. The van der Waals surface area contributed by atoms with E-state index in [2.05, 4.69) is 10.6 Å². The molecule has 2 aromatic carbocycles. The Kier molecular flexibility index (Phi) is 8.07. The summed E-state index contributed by atoms with van der Waals surface area (Å²) in [7, 11) is 3.22. The highest BCUT2D eigenvalue weighted by molar-refractivity contribution is 5.79. The van der Waals surface area contributed by atoms with Crippen LogP contribution in [-0.4, -0.2) is 39.1 Å². The maximum absolute atomic E-state index is 12.2. The first-order chi connectivity index (χ1) is 13.8. The van der Waals surface area contributed by atoms with E-state index in [9.17, 15) is 9.59 Å². The zero-order chi connectivity index (χ0) is 21.3. The highest BCUT2D eigenvalue weighted by Crippen LogP contribution is 2.15. The van der Waals surface area contributed by atoms with Gasteiger partial charge in [-0.25, -0.2) is 0 Å². The van der Waals surface area contributed by atoms with Crippen LogP contribution in [0.15, 0.2) is 48.5 Å². The molecule has 0 aliphatic rings. The van der Waals surface area contributed by atoms with E-state index in [1.54, 1.807) is 14.2 Å². The van der Waals surface area contributed by atoms with Crippen molar-refractivity contribution in [1.29, 1.82) is 0 Å². The lowest BCUT2D eigenvalue weighted by Gasteiger charge is -2.25. The molecule has 2 N–H and O–H groups in total. The van der Waals surface area contributed by atoms with Crippen LogP contribution in [0.25, 0.3) is 0 Å². The van der Waals surface area contributed by atoms with Gasteiger partial charge in [0, 0.05) is 13.1 Å². The Labute approximate surface area is 172 Å². The van der Waals surface area contributed by atoms with Crippen LogP contribution in [0.3, 0.4) is 0 Å². The lowest BCUT2D eigenvalue weighted by molar-refractivity contribution is -0.120. The van der Waals surface area contributed by atoms with Crippen molar-refractivity contribution >= 4 is 11.8 Å². The van der Waals surface area contributed by atoms with Crippen molar-refractivity contribution in [2.24, 2.45) is 5.41 Å². The number of carbonyl (C=O) groups excluding carboxylic acids is 2. The number of ether oxygens (including phenoxy) is 2. The molecule has 29 heavy (non-hydrogen) atoms. The van der Waals surface area contributed by atoms with E-state index in [1.807, 2.05) is 62.4 Å². The van der Waals surface area contributed by atoms with Crippen molar-refractivity contribution in [2.45, 2.75) is 26.7 Å². The summed E-state index contributed by atoms with van der Waals surface area (Å²) < 4.78 is 10.2. The number of carbonyl (C=O) groups is 2. The number of amides is 2. The standard InChI is InChI=1S/C23H30N2O4/c1-23(2,15-24-21(26)13-17-5-9-19(28-3)10-6-17)16-25-22(27)14-18-7-11-20(29-4)12-8-18/h5-12H,13-16H2,1-4H3,(H,24,26)(H,25,27). The van der Waals surface area contributed by atoms with Gasteiger partial charge in [-0.1, -0.05) is 38.1 Å². The molecule has 0 fully saturated rings. The third-order valence-electron chi connectivity index (χ3n) is 4.58. The summed E-state index contributed by atoms with van der Waals surface area (Å²) in [5.41, 5.74) is 1.59. The van der Waals surface area contributed by atoms with Crippen LogP contribution in [0.4, 0.5) is 0 Å². The Bertz CT molecular complexity index is 731. The van der Waals surface area contributed by atoms with Gasteiger partial charge in [0.1, 0.15) is 11.5 Å². The maximum Gasteiger partial charge on any atom is 0.224 e. The van der Waals surface area contributed by atoms with Gasteiger partial charge in [-0.05, 0) is 40.8 Å². The van der Waals surface area contributed by atoms with Crippen molar-refractivity contribution in [1.82, 2.24) is 10.6 Å².